The molecule has 4 rings (SSSR count). The topological polar surface area (TPSA) is 41.1 Å². The van der Waals surface area contributed by atoms with Gasteiger partial charge in [-0.1, -0.05) is 78.4 Å². The van der Waals surface area contributed by atoms with Gasteiger partial charge in [0.05, 0.1) is 6.42 Å². The second-order valence-electron chi connectivity index (χ2n) is 7.67. The molecule has 0 bridgehead atoms. The maximum Gasteiger partial charge on any atom is 0.224 e. The SMILES string of the molecule is Cc1cccc(CNc2ccc(CC(=O)NCc3ccc4ccccc4c3)cc2)c1. The lowest BCUT2D eigenvalue weighted by molar-refractivity contribution is -0.120. The highest BCUT2D eigenvalue weighted by Gasteiger charge is 2.04. The Bertz CT molecular complexity index is 1150. The van der Waals surface area contributed by atoms with Crippen molar-refractivity contribution < 1.29 is 4.79 Å². The monoisotopic (exact) mass is 394 g/mol. The van der Waals surface area contributed by atoms with E-state index in [-0.39, 0.29) is 5.91 Å². The van der Waals surface area contributed by atoms with Gasteiger partial charge in [-0.05, 0) is 52.6 Å². The number of amides is 1. The smallest absolute Gasteiger partial charge is 0.224 e. The first-order valence-corrected chi connectivity index (χ1v) is 10.3. The molecular weight excluding hydrogens is 368 g/mol. The van der Waals surface area contributed by atoms with E-state index in [1.807, 2.05) is 36.4 Å². The molecule has 0 saturated heterocycles. The minimum absolute atomic E-state index is 0.0311. The number of fused-ring (bicyclic) bond motifs is 1. The highest BCUT2D eigenvalue weighted by atomic mass is 16.1. The number of carbonyl (C=O) groups excluding carboxylic acids is 1. The highest BCUT2D eigenvalue weighted by molar-refractivity contribution is 5.83. The second kappa shape index (κ2) is 9.27. The van der Waals surface area contributed by atoms with Gasteiger partial charge in [0.15, 0.2) is 0 Å². The van der Waals surface area contributed by atoms with E-state index in [0.29, 0.717) is 13.0 Å². The molecule has 0 aliphatic heterocycles. The third-order valence-corrected chi connectivity index (χ3v) is 5.20. The van der Waals surface area contributed by atoms with E-state index in [0.717, 1.165) is 23.4 Å². The summed E-state index contributed by atoms with van der Waals surface area (Å²) in [5.74, 6) is 0.0311. The van der Waals surface area contributed by atoms with Crippen molar-refractivity contribution in [3.05, 3.63) is 113 Å². The van der Waals surface area contributed by atoms with E-state index >= 15 is 0 Å². The first kappa shape index (κ1) is 19.7. The molecule has 0 aromatic heterocycles. The second-order valence-corrected chi connectivity index (χ2v) is 7.67. The lowest BCUT2D eigenvalue weighted by Gasteiger charge is -2.09. The Kier molecular flexibility index (Phi) is 6.09. The molecule has 0 spiro atoms. The van der Waals surface area contributed by atoms with Gasteiger partial charge in [0, 0.05) is 18.8 Å². The molecule has 0 aliphatic rings. The highest BCUT2D eigenvalue weighted by Crippen LogP contribution is 2.16. The number of aryl methyl sites for hydroxylation is 1. The van der Waals surface area contributed by atoms with Crippen molar-refractivity contribution in [2.24, 2.45) is 0 Å². The van der Waals surface area contributed by atoms with Crippen molar-refractivity contribution in [2.45, 2.75) is 26.4 Å². The van der Waals surface area contributed by atoms with Crippen LogP contribution in [0.4, 0.5) is 5.69 Å². The van der Waals surface area contributed by atoms with Crippen LogP contribution in [-0.2, 0) is 24.3 Å². The van der Waals surface area contributed by atoms with Crippen LogP contribution in [0.25, 0.3) is 10.8 Å². The summed E-state index contributed by atoms with van der Waals surface area (Å²) >= 11 is 0. The van der Waals surface area contributed by atoms with Gasteiger partial charge in [-0.2, -0.15) is 0 Å². The molecule has 150 valence electrons. The van der Waals surface area contributed by atoms with Gasteiger partial charge < -0.3 is 10.6 Å². The Morgan fingerprint density at radius 3 is 2.23 bits per heavy atom. The van der Waals surface area contributed by atoms with E-state index in [1.165, 1.54) is 21.9 Å². The van der Waals surface area contributed by atoms with Gasteiger partial charge in [-0.25, -0.2) is 0 Å². The number of nitrogens with one attached hydrogen (secondary N) is 2. The molecule has 3 nitrogen and oxygen atoms in total. The third-order valence-electron chi connectivity index (χ3n) is 5.20. The van der Waals surface area contributed by atoms with E-state index in [2.05, 4.69) is 72.2 Å². The van der Waals surface area contributed by atoms with Crippen LogP contribution < -0.4 is 10.6 Å². The lowest BCUT2D eigenvalue weighted by atomic mass is 10.1. The molecule has 2 N–H and O–H groups in total. The molecule has 0 saturated carbocycles. The number of carbonyl (C=O) groups is 1. The lowest BCUT2D eigenvalue weighted by Crippen LogP contribution is -2.24. The normalized spacial score (nSPS) is 10.7. The summed E-state index contributed by atoms with van der Waals surface area (Å²) in [6.45, 7) is 3.43. The molecule has 0 heterocycles. The average molecular weight is 395 g/mol. The summed E-state index contributed by atoms with van der Waals surface area (Å²) in [7, 11) is 0. The standard InChI is InChI=1S/C27H26N2O/c1-20-5-4-6-22(15-20)18-28-26-13-10-21(11-14-26)17-27(30)29-19-23-9-12-24-7-2-3-8-25(24)16-23/h2-16,28H,17-19H2,1H3,(H,29,30). The Labute approximate surface area is 177 Å². The van der Waals surface area contributed by atoms with Crippen LogP contribution in [-0.4, -0.2) is 5.91 Å². The van der Waals surface area contributed by atoms with Gasteiger partial charge in [-0.15, -0.1) is 0 Å². The number of hydrogen-bond donors (Lipinski definition) is 2. The van der Waals surface area contributed by atoms with Crippen molar-refractivity contribution in [3.63, 3.8) is 0 Å². The van der Waals surface area contributed by atoms with Crippen molar-refractivity contribution in [3.8, 4) is 0 Å². The van der Waals surface area contributed by atoms with Crippen molar-refractivity contribution in [1.29, 1.82) is 0 Å². The molecule has 0 unspecified atom stereocenters. The minimum atomic E-state index is 0.0311. The van der Waals surface area contributed by atoms with Gasteiger partial charge in [0.1, 0.15) is 0 Å². The van der Waals surface area contributed by atoms with Gasteiger partial charge in [0.25, 0.3) is 0 Å². The van der Waals surface area contributed by atoms with E-state index in [9.17, 15) is 4.79 Å². The third kappa shape index (κ3) is 5.26. The summed E-state index contributed by atoms with van der Waals surface area (Å²) < 4.78 is 0. The summed E-state index contributed by atoms with van der Waals surface area (Å²) in [6, 6.07) is 31.1. The number of hydrogen-bond acceptors (Lipinski definition) is 2. The summed E-state index contributed by atoms with van der Waals surface area (Å²) in [5.41, 5.74) is 5.69. The maximum atomic E-state index is 12.4. The molecule has 4 aromatic carbocycles. The number of anilines is 1. The largest absolute Gasteiger partial charge is 0.381 e. The molecule has 1 amide bonds. The quantitative estimate of drug-likeness (QED) is 0.427. The number of benzene rings is 4. The van der Waals surface area contributed by atoms with Crippen LogP contribution in [0.1, 0.15) is 22.3 Å². The number of rotatable bonds is 7. The summed E-state index contributed by atoms with van der Waals surface area (Å²) in [5, 5.41) is 8.86. The Hall–Kier alpha value is -3.59. The molecule has 4 aromatic rings. The summed E-state index contributed by atoms with van der Waals surface area (Å²) in [4.78, 5) is 12.4. The molecule has 0 atom stereocenters. The molecule has 3 heteroatoms. The molecular formula is C27H26N2O. The van der Waals surface area contributed by atoms with Gasteiger partial charge >= 0.3 is 0 Å². The van der Waals surface area contributed by atoms with Crippen LogP contribution in [0.15, 0.2) is 91.0 Å². The zero-order chi connectivity index (χ0) is 20.8. The minimum Gasteiger partial charge on any atom is -0.381 e. The van der Waals surface area contributed by atoms with Crippen LogP contribution in [0.5, 0.6) is 0 Å². The van der Waals surface area contributed by atoms with Crippen molar-refractivity contribution >= 4 is 22.4 Å². The summed E-state index contributed by atoms with van der Waals surface area (Å²) in [6.07, 6.45) is 0.381. The fraction of sp³-hybridized carbons (Fsp3) is 0.148. The van der Waals surface area contributed by atoms with E-state index in [1.54, 1.807) is 0 Å². The van der Waals surface area contributed by atoms with Crippen LogP contribution in [0, 0.1) is 6.92 Å². The van der Waals surface area contributed by atoms with Crippen molar-refractivity contribution in [2.75, 3.05) is 5.32 Å². The fourth-order valence-corrected chi connectivity index (χ4v) is 3.56. The van der Waals surface area contributed by atoms with Gasteiger partial charge in [0.2, 0.25) is 5.91 Å². The fourth-order valence-electron chi connectivity index (χ4n) is 3.56. The van der Waals surface area contributed by atoms with E-state index < -0.39 is 0 Å². The molecule has 0 fully saturated rings. The molecule has 0 radical (unpaired) electrons. The maximum absolute atomic E-state index is 12.4. The molecule has 0 aliphatic carbocycles. The zero-order valence-corrected chi connectivity index (χ0v) is 17.2. The van der Waals surface area contributed by atoms with Gasteiger partial charge in [-0.3, -0.25) is 4.79 Å². The molecule has 30 heavy (non-hydrogen) atoms. The van der Waals surface area contributed by atoms with E-state index in [4.69, 9.17) is 0 Å². The first-order valence-electron chi connectivity index (χ1n) is 10.3. The Morgan fingerprint density at radius 2 is 1.43 bits per heavy atom. The Morgan fingerprint density at radius 1 is 0.700 bits per heavy atom. The van der Waals surface area contributed by atoms with Crippen molar-refractivity contribution in [1.82, 2.24) is 5.32 Å². The predicted octanol–water partition coefficient (Wildman–Crippen LogP) is 5.62. The average Bonchev–Trinajstić information content (AvgIpc) is 2.77. The van der Waals surface area contributed by atoms with Crippen LogP contribution in [0.2, 0.25) is 0 Å². The van der Waals surface area contributed by atoms with Crippen LogP contribution >= 0.6 is 0 Å². The predicted molar refractivity (Wildman–Crippen MR) is 124 cm³/mol. The zero-order valence-electron chi connectivity index (χ0n) is 17.2. The van der Waals surface area contributed by atoms with Crippen LogP contribution in [0.3, 0.4) is 0 Å². The first-order chi connectivity index (χ1) is 14.7. The Balaban J connectivity index is 1.27.